The van der Waals surface area contributed by atoms with Crippen molar-refractivity contribution in [2.24, 2.45) is 0 Å². The summed E-state index contributed by atoms with van der Waals surface area (Å²) in [4.78, 5) is 6.79. The first-order valence-corrected chi connectivity index (χ1v) is 8.73. The van der Waals surface area contributed by atoms with Gasteiger partial charge in [-0.15, -0.1) is 0 Å². The second-order valence-corrected chi connectivity index (χ2v) is 7.24. The standard InChI is InChI=1S/C17H25N3O3/c21-17(9-15-18-16(19-23-15)14-4-5-14)6-2-7-20(12-17)10-13-3-1-8-22-11-13/h3,14,21H,1-2,4-12H2. The number of hydrogen-bond donors (Lipinski definition) is 1. The monoisotopic (exact) mass is 319 g/mol. The summed E-state index contributed by atoms with van der Waals surface area (Å²) in [5.74, 6) is 1.89. The maximum atomic E-state index is 11.0. The third-order valence-corrected chi connectivity index (χ3v) is 4.95. The van der Waals surface area contributed by atoms with E-state index < -0.39 is 5.60 Å². The minimum absolute atomic E-state index is 0.457. The molecular weight excluding hydrogens is 294 g/mol. The molecule has 0 amide bonds. The van der Waals surface area contributed by atoms with Crippen LogP contribution in [-0.4, -0.2) is 58.6 Å². The highest BCUT2D eigenvalue weighted by Gasteiger charge is 2.36. The third kappa shape index (κ3) is 3.82. The van der Waals surface area contributed by atoms with Crippen molar-refractivity contribution in [2.75, 3.05) is 32.8 Å². The van der Waals surface area contributed by atoms with Gasteiger partial charge in [0, 0.05) is 19.0 Å². The number of aromatic nitrogens is 2. The average Bonchev–Trinajstić information content (AvgIpc) is 3.29. The summed E-state index contributed by atoms with van der Waals surface area (Å²) in [6.45, 7) is 4.12. The smallest absolute Gasteiger partial charge is 0.229 e. The van der Waals surface area contributed by atoms with Gasteiger partial charge in [0.2, 0.25) is 5.89 Å². The lowest BCUT2D eigenvalue weighted by molar-refractivity contribution is -0.0333. The van der Waals surface area contributed by atoms with Crippen LogP contribution in [0.1, 0.15) is 49.7 Å². The Morgan fingerprint density at radius 3 is 3.09 bits per heavy atom. The zero-order chi connectivity index (χ0) is 15.7. The lowest BCUT2D eigenvalue weighted by Gasteiger charge is -2.39. The van der Waals surface area contributed by atoms with Gasteiger partial charge >= 0.3 is 0 Å². The molecule has 126 valence electrons. The van der Waals surface area contributed by atoms with Gasteiger partial charge < -0.3 is 14.4 Å². The Kier molecular flexibility index (Phi) is 4.22. The first-order chi connectivity index (χ1) is 11.2. The van der Waals surface area contributed by atoms with E-state index in [2.05, 4.69) is 21.1 Å². The van der Waals surface area contributed by atoms with Gasteiger partial charge in [0.15, 0.2) is 5.82 Å². The number of nitrogens with zero attached hydrogens (tertiary/aromatic N) is 3. The SMILES string of the molecule is OC1(Cc2nc(C3CC3)no2)CCCN(CC2=CCCOC2)C1. The highest BCUT2D eigenvalue weighted by molar-refractivity contribution is 5.09. The minimum atomic E-state index is -0.762. The van der Waals surface area contributed by atoms with Crippen LogP contribution in [0.25, 0.3) is 0 Å². The summed E-state index contributed by atoms with van der Waals surface area (Å²) in [7, 11) is 0. The van der Waals surface area contributed by atoms with Gasteiger partial charge in [-0.3, -0.25) is 4.90 Å². The zero-order valence-electron chi connectivity index (χ0n) is 13.5. The van der Waals surface area contributed by atoms with E-state index in [9.17, 15) is 5.11 Å². The third-order valence-electron chi connectivity index (χ3n) is 4.95. The van der Waals surface area contributed by atoms with Crippen LogP contribution in [0.5, 0.6) is 0 Å². The van der Waals surface area contributed by atoms with Crippen molar-refractivity contribution in [3.05, 3.63) is 23.4 Å². The lowest BCUT2D eigenvalue weighted by atomic mass is 9.89. The second-order valence-electron chi connectivity index (χ2n) is 7.24. The van der Waals surface area contributed by atoms with Gasteiger partial charge in [-0.2, -0.15) is 4.98 Å². The Morgan fingerprint density at radius 1 is 1.39 bits per heavy atom. The molecule has 3 heterocycles. The maximum Gasteiger partial charge on any atom is 0.229 e. The Hall–Kier alpha value is -1.24. The van der Waals surface area contributed by atoms with Crippen LogP contribution in [0, 0.1) is 0 Å². The molecule has 0 radical (unpaired) electrons. The summed E-state index contributed by atoms with van der Waals surface area (Å²) < 4.78 is 10.9. The summed E-state index contributed by atoms with van der Waals surface area (Å²) in [5, 5.41) is 15.0. The molecule has 23 heavy (non-hydrogen) atoms. The molecule has 6 nitrogen and oxygen atoms in total. The highest BCUT2D eigenvalue weighted by atomic mass is 16.5. The average molecular weight is 319 g/mol. The fourth-order valence-electron chi connectivity index (χ4n) is 3.62. The van der Waals surface area contributed by atoms with Crippen LogP contribution in [-0.2, 0) is 11.2 Å². The lowest BCUT2D eigenvalue weighted by Crippen LogP contribution is -2.50. The van der Waals surface area contributed by atoms with Crippen LogP contribution in [0.3, 0.4) is 0 Å². The largest absolute Gasteiger partial charge is 0.388 e. The highest BCUT2D eigenvalue weighted by Crippen LogP contribution is 2.38. The molecule has 1 N–H and O–H groups in total. The quantitative estimate of drug-likeness (QED) is 0.832. The molecule has 2 aliphatic heterocycles. The van der Waals surface area contributed by atoms with Gasteiger partial charge in [0.25, 0.3) is 0 Å². The molecular formula is C17H25N3O3. The molecule has 4 rings (SSSR count). The molecule has 1 aliphatic carbocycles. The first-order valence-electron chi connectivity index (χ1n) is 8.73. The van der Waals surface area contributed by atoms with Crippen molar-refractivity contribution in [1.29, 1.82) is 0 Å². The normalized spacial score (nSPS) is 29.5. The van der Waals surface area contributed by atoms with E-state index in [4.69, 9.17) is 9.26 Å². The fourth-order valence-corrected chi connectivity index (χ4v) is 3.62. The number of ether oxygens (including phenoxy) is 1. The number of rotatable bonds is 5. The van der Waals surface area contributed by atoms with Gasteiger partial charge in [0.1, 0.15) is 0 Å². The summed E-state index contributed by atoms with van der Waals surface area (Å²) in [6.07, 6.45) is 7.84. The van der Waals surface area contributed by atoms with E-state index in [1.54, 1.807) is 0 Å². The number of β-amino-alcohol motifs (C(OH)–C–C–N with tert-alkyl or cyclic N) is 1. The predicted octanol–water partition coefficient (Wildman–Crippen LogP) is 1.66. The summed E-state index contributed by atoms with van der Waals surface area (Å²) in [6, 6.07) is 0. The molecule has 1 atom stereocenters. The van der Waals surface area contributed by atoms with Crippen LogP contribution in [0.4, 0.5) is 0 Å². The molecule has 1 unspecified atom stereocenters. The van der Waals surface area contributed by atoms with E-state index in [0.717, 1.165) is 64.2 Å². The van der Waals surface area contributed by atoms with E-state index in [0.29, 0.717) is 24.8 Å². The van der Waals surface area contributed by atoms with Crippen LogP contribution < -0.4 is 0 Å². The molecule has 1 saturated carbocycles. The van der Waals surface area contributed by atoms with Gasteiger partial charge in [-0.1, -0.05) is 11.2 Å². The van der Waals surface area contributed by atoms with Crippen LogP contribution >= 0.6 is 0 Å². The molecule has 2 fully saturated rings. The van der Waals surface area contributed by atoms with Crippen molar-refractivity contribution in [3.8, 4) is 0 Å². The zero-order valence-corrected chi connectivity index (χ0v) is 13.5. The molecule has 6 heteroatoms. The Bertz CT molecular complexity index is 581. The Morgan fingerprint density at radius 2 is 2.30 bits per heavy atom. The number of piperidine rings is 1. The number of hydrogen-bond acceptors (Lipinski definition) is 6. The Labute approximate surface area is 136 Å². The first kappa shape index (κ1) is 15.3. The molecule has 3 aliphatic rings. The molecule has 0 aromatic carbocycles. The maximum absolute atomic E-state index is 11.0. The van der Waals surface area contributed by atoms with Gasteiger partial charge in [0.05, 0.1) is 25.2 Å². The van der Waals surface area contributed by atoms with Crippen LogP contribution in [0.2, 0.25) is 0 Å². The van der Waals surface area contributed by atoms with Gasteiger partial charge in [-0.05, 0) is 44.2 Å². The Balaban J connectivity index is 1.37. The van der Waals surface area contributed by atoms with Crippen molar-refractivity contribution >= 4 is 0 Å². The van der Waals surface area contributed by atoms with Crippen molar-refractivity contribution in [1.82, 2.24) is 15.0 Å². The second kappa shape index (κ2) is 6.34. The summed E-state index contributed by atoms with van der Waals surface area (Å²) >= 11 is 0. The van der Waals surface area contributed by atoms with Crippen molar-refractivity contribution < 1.29 is 14.4 Å². The van der Waals surface area contributed by atoms with E-state index in [1.807, 2.05) is 0 Å². The molecule has 0 spiro atoms. The van der Waals surface area contributed by atoms with Gasteiger partial charge in [-0.25, -0.2) is 0 Å². The van der Waals surface area contributed by atoms with Crippen molar-refractivity contribution in [3.63, 3.8) is 0 Å². The number of likely N-dealkylation sites (tertiary alicyclic amines) is 1. The van der Waals surface area contributed by atoms with E-state index in [1.165, 1.54) is 5.57 Å². The fraction of sp³-hybridized carbons (Fsp3) is 0.765. The minimum Gasteiger partial charge on any atom is -0.388 e. The topological polar surface area (TPSA) is 71.6 Å². The van der Waals surface area contributed by atoms with E-state index in [-0.39, 0.29) is 0 Å². The van der Waals surface area contributed by atoms with E-state index >= 15 is 0 Å². The number of aliphatic hydroxyl groups is 1. The predicted molar refractivity (Wildman–Crippen MR) is 84.1 cm³/mol. The summed E-state index contributed by atoms with van der Waals surface area (Å²) in [5.41, 5.74) is 0.566. The van der Waals surface area contributed by atoms with Crippen molar-refractivity contribution in [2.45, 2.75) is 50.0 Å². The molecule has 0 bridgehead atoms. The molecule has 1 saturated heterocycles. The molecule has 1 aromatic rings. The van der Waals surface area contributed by atoms with Crippen LogP contribution in [0.15, 0.2) is 16.2 Å². The molecule has 1 aromatic heterocycles.